The molecular weight excluding hydrogens is 198 g/mol. The number of aryl methyl sites for hydroxylation is 1. The van der Waals surface area contributed by atoms with Crippen LogP contribution >= 0.6 is 0 Å². The van der Waals surface area contributed by atoms with Gasteiger partial charge >= 0.3 is 0 Å². The van der Waals surface area contributed by atoms with Crippen LogP contribution < -0.4 is 10.2 Å². The van der Waals surface area contributed by atoms with Gasteiger partial charge in [0.05, 0.1) is 0 Å². The van der Waals surface area contributed by atoms with Gasteiger partial charge < -0.3 is 10.2 Å². The Balaban J connectivity index is 2.89. The molecule has 0 aliphatic carbocycles. The zero-order valence-electron chi connectivity index (χ0n) is 11.0. The highest BCUT2D eigenvalue weighted by atomic mass is 15.2. The molecule has 1 aromatic heterocycles. The maximum absolute atomic E-state index is 4.55. The van der Waals surface area contributed by atoms with E-state index >= 15 is 0 Å². The van der Waals surface area contributed by atoms with Crippen molar-refractivity contribution in [2.24, 2.45) is 0 Å². The molecule has 0 aromatic carbocycles. The number of hydrogen-bond acceptors (Lipinski definition) is 3. The van der Waals surface area contributed by atoms with Crippen molar-refractivity contribution < 1.29 is 0 Å². The molecule has 0 saturated heterocycles. The van der Waals surface area contributed by atoms with Crippen molar-refractivity contribution in [2.45, 2.75) is 39.8 Å². The van der Waals surface area contributed by atoms with Crippen LogP contribution in [0.5, 0.6) is 0 Å². The summed E-state index contributed by atoms with van der Waals surface area (Å²) in [5.74, 6) is 1.09. The molecule has 0 radical (unpaired) electrons. The number of anilines is 1. The van der Waals surface area contributed by atoms with Crippen LogP contribution in [-0.2, 0) is 6.54 Å². The molecule has 0 fully saturated rings. The fourth-order valence-corrected chi connectivity index (χ4v) is 1.78. The Morgan fingerprint density at radius 3 is 2.69 bits per heavy atom. The standard InChI is InChI=1S/C13H23N3/c1-6-11(3)16(5)13-10(2)7-12(8-14-4)9-15-13/h7,9,11,14H,6,8H2,1-5H3. The van der Waals surface area contributed by atoms with Crippen LogP contribution in [0.3, 0.4) is 0 Å². The first-order valence-electron chi connectivity index (χ1n) is 5.93. The molecule has 1 aromatic rings. The summed E-state index contributed by atoms with van der Waals surface area (Å²) in [6, 6.07) is 2.74. The van der Waals surface area contributed by atoms with E-state index in [0.29, 0.717) is 6.04 Å². The summed E-state index contributed by atoms with van der Waals surface area (Å²) < 4.78 is 0. The van der Waals surface area contributed by atoms with E-state index in [1.807, 2.05) is 13.2 Å². The van der Waals surface area contributed by atoms with E-state index in [-0.39, 0.29) is 0 Å². The lowest BCUT2D eigenvalue weighted by Gasteiger charge is -2.26. The van der Waals surface area contributed by atoms with Crippen LogP contribution in [0.4, 0.5) is 5.82 Å². The predicted molar refractivity (Wildman–Crippen MR) is 69.9 cm³/mol. The number of aromatic nitrogens is 1. The van der Waals surface area contributed by atoms with Gasteiger partial charge in [0.25, 0.3) is 0 Å². The predicted octanol–water partition coefficient (Wildman–Crippen LogP) is 2.34. The van der Waals surface area contributed by atoms with Gasteiger partial charge in [-0.1, -0.05) is 6.92 Å². The van der Waals surface area contributed by atoms with Crippen LogP contribution in [-0.4, -0.2) is 25.1 Å². The van der Waals surface area contributed by atoms with Gasteiger partial charge in [0, 0.05) is 25.8 Å². The van der Waals surface area contributed by atoms with E-state index in [0.717, 1.165) is 18.8 Å². The van der Waals surface area contributed by atoms with E-state index in [4.69, 9.17) is 0 Å². The summed E-state index contributed by atoms with van der Waals surface area (Å²) in [7, 11) is 4.07. The summed E-state index contributed by atoms with van der Waals surface area (Å²) in [5, 5.41) is 3.14. The fourth-order valence-electron chi connectivity index (χ4n) is 1.78. The molecule has 3 heteroatoms. The van der Waals surface area contributed by atoms with Crippen molar-refractivity contribution in [1.29, 1.82) is 0 Å². The Labute approximate surface area is 98.9 Å². The molecule has 1 heterocycles. The molecule has 16 heavy (non-hydrogen) atoms. The minimum absolute atomic E-state index is 0.529. The van der Waals surface area contributed by atoms with Crippen molar-refractivity contribution >= 4 is 5.82 Å². The largest absolute Gasteiger partial charge is 0.357 e. The van der Waals surface area contributed by atoms with Crippen molar-refractivity contribution in [3.05, 3.63) is 23.4 Å². The molecule has 0 bridgehead atoms. The Morgan fingerprint density at radius 2 is 2.19 bits per heavy atom. The van der Waals surface area contributed by atoms with Crippen LogP contribution in [0.2, 0.25) is 0 Å². The minimum Gasteiger partial charge on any atom is -0.357 e. The molecule has 0 saturated carbocycles. The Morgan fingerprint density at radius 1 is 1.50 bits per heavy atom. The van der Waals surface area contributed by atoms with Crippen molar-refractivity contribution in [2.75, 3.05) is 19.0 Å². The summed E-state index contributed by atoms with van der Waals surface area (Å²) in [4.78, 5) is 6.80. The molecular formula is C13H23N3. The number of rotatable bonds is 5. The molecule has 1 atom stereocenters. The molecule has 0 aliphatic heterocycles. The van der Waals surface area contributed by atoms with Gasteiger partial charge in [0.1, 0.15) is 5.82 Å². The minimum atomic E-state index is 0.529. The quantitative estimate of drug-likeness (QED) is 0.827. The van der Waals surface area contributed by atoms with Crippen LogP contribution in [0, 0.1) is 6.92 Å². The Kier molecular flexibility index (Phi) is 4.74. The van der Waals surface area contributed by atoms with E-state index < -0.39 is 0 Å². The van der Waals surface area contributed by atoms with Gasteiger partial charge in [-0.25, -0.2) is 4.98 Å². The van der Waals surface area contributed by atoms with Crippen molar-refractivity contribution in [3.8, 4) is 0 Å². The topological polar surface area (TPSA) is 28.2 Å². The maximum Gasteiger partial charge on any atom is 0.131 e. The summed E-state index contributed by atoms with van der Waals surface area (Å²) in [6.07, 6.45) is 3.09. The van der Waals surface area contributed by atoms with Crippen LogP contribution in [0.25, 0.3) is 0 Å². The summed E-state index contributed by atoms with van der Waals surface area (Å²) >= 11 is 0. The van der Waals surface area contributed by atoms with E-state index in [9.17, 15) is 0 Å². The van der Waals surface area contributed by atoms with Gasteiger partial charge in [-0.15, -0.1) is 0 Å². The second-order valence-electron chi connectivity index (χ2n) is 4.38. The second-order valence-corrected chi connectivity index (χ2v) is 4.38. The lowest BCUT2D eigenvalue weighted by atomic mass is 10.1. The zero-order chi connectivity index (χ0) is 12.1. The van der Waals surface area contributed by atoms with Crippen molar-refractivity contribution in [1.82, 2.24) is 10.3 Å². The lowest BCUT2D eigenvalue weighted by Crippen LogP contribution is -2.29. The molecule has 90 valence electrons. The Bertz CT molecular complexity index is 336. The number of hydrogen-bond donors (Lipinski definition) is 1. The zero-order valence-corrected chi connectivity index (χ0v) is 11.0. The SMILES string of the molecule is CCC(C)N(C)c1ncc(CNC)cc1C. The van der Waals surface area contributed by atoms with E-state index in [1.54, 1.807) is 0 Å². The third-order valence-corrected chi connectivity index (χ3v) is 3.07. The third-order valence-electron chi connectivity index (χ3n) is 3.07. The van der Waals surface area contributed by atoms with Crippen LogP contribution in [0.1, 0.15) is 31.4 Å². The van der Waals surface area contributed by atoms with E-state index in [2.05, 4.69) is 49.1 Å². The first-order chi connectivity index (χ1) is 7.60. The van der Waals surface area contributed by atoms with Gasteiger partial charge in [-0.05, 0) is 44.5 Å². The average molecular weight is 221 g/mol. The fraction of sp³-hybridized carbons (Fsp3) is 0.615. The highest BCUT2D eigenvalue weighted by Gasteiger charge is 2.11. The van der Waals surface area contributed by atoms with Crippen LogP contribution in [0.15, 0.2) is 12.3 Å². The molecule has 0 aliphatic rings. The number of pyridine rings is 1. The van der Waals surface area contributed by atoms with Crippen molar-refractivity contribution in [3.63, 3.8) is 0 Å². The second kappa shape index (κ2) is 5.85. The molecule has 1 unspecified atom stereocenters. The number of nitrogens with zero attached hydrogens (tertiary/aromatic N) is 2. The van der Waals surface area contributed by atoms with Gasteiger partial charge in [-0.2, -0.15) is 0 Å². The third kappa shape index (κ3) is 2.95. The van der Waals surface area contributed by atoms with Gasteiger partial charge in [0.15, 0.2) is 0 Å². The van der Waals surface area contributed by atoms with Gasteiger partial charge in [0.2, 0.25) is 0 Å². The first kappa shape index (κ1) is 13.0. The monoisotopic (exact) mass is 221 g/mol. The molecule has 1 rings (SSSR count). The highest BCUT2D eigenvalue weighted by Crippen LogP contribution is 2.19. The number of nitrogens with one attached hydrogen (secondary N) is 1. The highest BCUT2D eigenvalue weighted by molar-refractivity contribution is 5.47. The summed E-state index contributed by atoms with van der Waals surface area (Å²) in [5.41, 5.74) is 2.48. The van der Waals surface area contributed by atoms with E-state index in [1.165, 1.54) is 11.1 Å². The van der Waals surface area contributed by atoms with Gasteiger partial charge in [-0.3, -0.25) is 0 Å². The molecule has 0 amide bonds. The maximum atomic E-state index is 4.55. The smallest absolute Gasteiger partial charge is 0.131 e. The normalized spacial score (nSPS) is 12.6. The molecule has 3 nitrogen and oxygen atoms in total. The average Bonchev–Trinajstić information content (AvgIpc) is 2.28. The Hall–Kier alpha value is -1.09. The lowest BCUT2D eigenvalue weighted by molar-refractivity contribution is 0.654. The first-order valence-corrected chi connectivity index (χ1v) is 5.93. The summed E-state index contributed by atoms with van der Waals surface area (Å²) in [6.45, 7) is 7.43. The molecule has 0 spiro atoms. The molecule has 1 N–H and O–H groups in total.